The van der Waals surface area contributed by atoms with Gasteiger partial charge in [-0.25, -0.2) is 9.18 Å². The van der Waals surface area contributed by atoms with E-state index in [4.69, 9.17) is 0 Å². The average molecular weight is 408 g/mol. The van der Waals surface area contributed by atoms with Crippen molar-refractivity contribution in [3.05, 3.63) is 71.7 Å². The highest BCUT2D eigenvalue weighted by Crippen LogP contribution is 2.19. The Kier molecular flexibility index (Phi) is 5.97. The summed E-state index contributed by atoms with van der Waals surface area (Å²) in [6.07, 6.45) is 2.68. The van der Waals surface area contributed by atoms with Gasteiger partial charge >= 0.3 is 6.03 Å². The second kappa shape index (κ2) is 8.98. The standard InChI is InChI=1S/C23H25FN4O2/c24-20-7-3-1-5-17(20)9-10-25-23(30)28-13-11-27(12-14-28)22(29)15-18-16-26-21-8-4-2-6-19(18)21/h1-8,16,26H,9-15H2,(H,25,30). The second-order valence-electron chi connectivity index (χ2n) is 7.48. The number of fused-ring (bicyclic) bond motifs is 1. The molecular formula is C23H25FN4O2. The van der Waals surface area contributed by atoms with Crippen LogP contribution in [0.1, 0.15) is 11.1 Å². The summed E-state index contributed by atoms with van der Waals surface area (Å²) in [5.41, 5.74) is 2.60. The topological polar surface area (TPSA) is 68.4 Å². The van der Waals surface area contributed by atoms with Gasteiger partial charge in [0.25, 0.3) is 0 Å². The molecule has 0 unspecified atom stereocenters. The van der Waals surface area contributed by atoms with E-state index >= 15 is 0 Å². The molecule has 1 aliphatic rings. The van der Waals surface area contributed by atoms with E-state index < -0.39 is 0 Å². The minimum absolute atomic E-state index is 0.0689. The fourth-order valence-electron chi connectivity index (χ4n) is 3.83. The number of urea groups is 1. The molecule has 0 saturated carbocycles. The third kappa shape index (κ3) is 4.45. The van der Waals surface area contributed by atoms with Crippen LogP contribution in [0, 0.1) is 5.82 Å². The molecule has 3 aromatic rings. The van der Waals surface area contributed by atoms with Crippen molar-refractivity contribution in [2.75, 3.05) is 32.7 Å². The normalized spacial score (nSPS) is 14.2. The molecule has 0 aliphatic carbocycles. The number of rotatable bonds is 5. The number of amides is 3. The van der Waals surface area contributed by atoms with Crippen molar-refractivity contribution in [2.45, 2.75) is 12.8 Å². The van der Waals surface area contributed by atoms with E-state index in [-0.39, 0.29) is 17.8 Å². The molecule has 1 saturated heterocycles. The van der Waals surface area contributed by atoms with Gasteiger partial charge < -0.3 is 20.1 Å². The largest absolute Gasteiger partial charge is 0.361 e. The number of hydrogen-bond donors (Lipinski definition) is 2. The lowest BCUT2D eigenvalue weighted by atomic mass is 10.1. The molecule has 2 aromatic carbocycles. The molecule has 1 aromatic heterocycles. The van der Waals surface area contributed by atoms with Crippen LogP contribution in [0.3, 0.4) is 0 Å². The van der Waals surface area contributed by atoms with Crippen molar-refractivity contribution in [1.29, 1.82) is 0 Å². The summed E-state index contributed by atoms with van der Waals surface area (Å²) in [5, 5.41) is 3.91. The van der Waals surface area contributed by atoms with E-state index in [0.29, 0.717) is 51.1 Å². The number of carbonyl (C=O) groups excluding carboxylic acids is 2. The van der Waals surface area contributed by atoms with Gasteiger partial charge in [-0.2, -0.15) is 0 Å². The van der Waals surface area contributed by atoms with Crippen molar-refractivity contribution >= 4 is 22.8 Å². The lowest BCUT2D eigenvalue weighted by Crippen LogP contribution is -2.53. The molecule has 30 heavy (non-hydrogen) atoms. The summed E-state index contributed by atoms with van der Waals surface area (Å²) in [7, 11) is 0. The van der Waals surface area contributed by atoms with Crippen LogP contribution >= 0.6 is 0 Å². The Morgan fingerprint density at radius 2 is 1.63 bits per heavy atom. The first-order valence-electron chi connectivity index (χ1n) is 10.2. The maximum Gasteiger partial charge on any atom is 0.317 e. The maximum atomic E-state index is 13.6. The van der Waals surface area contributed by atoms with Crippen LogP contribution in [0.25, 0.3) is 10.9 Å². The van der Waals surface area contributed by atoms with Gasteiger partial charge in [-0.15, -0.1) is 0 Å². The van der Waals surface area contributed by atoms with Crippen LogP contribution in [0.5, 0.6) is 0 Å². The van der Waals surface area contributed by atoms with Gasteiger partial charge in [-0.05, 0) is 29.7 Å². The van der Waals surface area contributed by atoms with Gasteiger partial charge in [0.2, 0.25) is 5.91 Å². The number of H-pyrrole nitrogens is 1. The predicted molar refractivity (Wildman–Crippen MR) is 114 cm³/mol. The van der Waals surface area contributed by atoms with Gasteiger partial charge in [0.15, 0.2) is 0 Å². The molecule has 0 bridgehead atoms. The Morgan fingerprint density at radius 3 is 2.43 bits per heavy atom. The van der Waals surface area contributed by atoms with Gasteiger partial charge in [0.1, 0.15) is 5.82 Å². The number of benzene rings is 2. The minimum Gasteiger partial charge on any atom is -0.361 e. The number of aromatic amines is 1. The van der Waals surface area contributed by atoms with Crippen LogP contribution in [0.15, 0.2) is 54.7 Å². The molecule has 2 heterocycles. The second-order valence-corrected chi connectivity index (χ2v) is 7.48. The highest BCUT2D eigenvalue weighted by Gasteiger charge is 2.24. The van der Waals surface area contributed by atoms with Crippen LogP contribution in [-0.2, 0) is 17.6 Å². The molecule has 4 rings (SSSR count). The zero-order valence-electron chi connectivity index (χ0n) is 16.7. The van der Waals surface area contributed by atoms with E-state index in [1.54, 1.807) is 23.1 Å². The fraction of sp³-hybridized carbons (Fsp3) is 0.304. The Balaban J connectivity index is 1.23. The van der Waals surface area contributed by atoms with E-state index in [1.165, 1.54) is 6.07 Å². The molecule has 0 radical (unpaired) electrons. The molecule has 0 spiro atoms. The third-order valence-electron chi connectivity index (χ3n) is 5.56. The van der Waals surface area contributed by atoms with Crippen molar-refractivity contribution < 1.29 is 14.0 Å². The number of aromatic nitrogens is 1. The predicted octanol–water partition coefficient (Wildman–Crippen LogP) is 2.95. The van der Waals surface area contributed by atoms with E-state index in [1.807, 2.05) is 35.4 Å². The Labute approximate surface area is 174 Å². The number of piperazine rings is 1. The molecule has 156 valence electrons. The lowest BCUT2D eigenvalue weighted by molar-refractivity contribution is -0.131. The van der Waals surface area contributed by atoms with Crippen molar-refractivity contribution in [3.63, 3.8) is 0 Å². The maximum absolute atomic E-state index is 13.6. The molecule has 7 heteroatoms. The number of halogens is 1. The van der Waals surface area contributed by atoms with Crippen LogP contribution in [-0.4, -0.2) is 59.4 Å². The smallest absolute Gasteiger partial charge is 0.317 e. The molecule has 1 aliphatic heterocycles. The highest BCUT2D eigenvalue weighted by molar-refractivity contribution is 5.89. The molecule has 1 fully saturated rings. The highest BCUT2D eigenvalue weighted by atomic mass is 19.1. The SMILES string of the molecule is O=C(Cc1c[nH]c2ccccc12)N1CCN(C(=O)NCCc2ccccc2F)CC1. The van der Waals surface area contributed by atoms with Crippen LogP contribution in [0.4, 0.5) is 9.18 Å². The summed E-state index contributed by atoms with van der Waals surface area (Å²) >= 11 is 0. The summed E-state index contributed by atoms with van der Waals surface area (Å²) in [4.78, 5) is 31.8. The summed E-state index contributed by atoms with van der Waals surface area (Å²) in [6, 6.07) is 14.3. The van der Waals surface area contributed by atoms with Gasteiger partial charge in [0, 0.05) is 49.8 Å². The fourth-order valence-corrected chi connectivity index (χ4v) is 3.83. The summed E-state index contributed by atoms with van der Waals surface area (Å²) < 4.78 is 13.6. The third-order valence-corrected chi connectivity index (χ3v) is 5.56. The average Bonchev–Trinajstić information content (AvgIpc) is 3.18. The van der Waals surface area contributed by atoms with E-state index in [9.17, 15) is 14.0 Å². The van der Waals surface area contributed by atoms with Gasteiger partial charge in [0.05, 0.1) is 6.42 Å². The monoisotopic (exact) mass is 408 g/mol. The zero-order valence-corrected chi connectivity index (χ0v) is 16.7. The van der Waals surface area contributed by atoms with Crippen molar-refractivity contribution in [2.24, 2.45) is 0 Å². The van der Waals surface area contributed by atoms with E-state index in [0.717, 1.165) is 16.5 Å². The molecule has 2 N–H and O–H groups in total. The zero-order chi connectivity index (χ0) is 20.9. The Morgan fingerprint density at radius 1 is 0.933 bits per heavy atom. The number of para-hydroxylation sites is 1. The molecule has 6 nitrogen and oxygen atoms in total. The number of carbonyl (C=O) groups is 2. The molecular weight excluding hydrogens is 383 g/mol. The first-order chi connectivity index (χ1) is 14.6. The molecule has 3 amide bonds. The lowest BCUT2D eigenvalue weighted by Gasteiger charge is -2.34. The summed E-state index contributed by atoms with van der Waals surface area (Å²) in [6.45, 7) is 2.39. The number of nitrogens with zero attached hydrogens (tertiary/aromatic N) is 2. The first kappa shape index (κ1) is 19.9. The number of hydrogen-bond acceptors (Lipinski definition) is 2. The minimum atomic E-state index is -0.255. The van der Waals surface area contributed by atoms with Gasteiger partial charge in [-0.3, -0.25) is 4.79 Å². The van der Waals surface area contributed by atoms with Crippen molar-refractivity contribution in [1.82, 2.24) is 20.1 Å². The Hall–Kier alpha value is -3.35. The Bertz CT molecular complexity index is 1040. The molecule has 0 atom stereocenters. The van der Waals surface area contributed by atoms with E-state index in [2.05, 4.69) is 10.3 Å². The van der Waals surface area contributed by atoms with Crippen LogP contribution in [0.2, 0.25) is 0 Å². The quantitative estimate of drug-likeness (QED) is 0.682. The van der Waals surface area contributed by atoms with Crippen LogP contribution < -0.4 is 5.32 Å². The van der Waals surface area contributed by atoms with Crippen molar-refractivity contribution in [3.8, 4) is 0 Å². The first-order valence-corrected chi connectivity index (χ1v) is 10.2. The van der Waals surface area contributed by atoms with Gasteiger partial charge in [-0.1, -0.05) is 36.4 Å². The summed E-state index contributed by atoms with van der Waals surface area (Å²) in [5.74, 6) is -0.187. The number of nitrogens with one attached hydrogen (secondary N) is 2.